The molecule has 23 heavy (non-hydrogen) atoms. The summed E-state index contributed by atoms with van der Waals surface area (Å²) in [7, 11) is 0. The van der Waals surface area contributed by atoms with E-state index in [2.05, 4.69) is 5.32 Å². The van der Waals surface area contributed by atoms with E-state index in [4.69, 9.17) is 4.74 Å². The molecule has 5 nitrogen and oxygen atoms in total. The Morgan fingerprint density at radius 1 is 1.22 bits per heavy atom. The molecule has 1 saturated heterocycles. The van der Waals surface area contributed by atoms with Crippen molar-refractivity contribution in [2.24, 2.45) is 0 Å². The minimum absolute atomic E-state index is 0.0225. The van der Waals surface area contributed by atoms with Crippen LogP contribution in [-0.4, -0.2) is 41.5 Å². The van der Waals surface area contributed by atoms with Crippen molar-refractivity contribution in [2.45, 2.75) is 16.9 Å². The van der Waals surface area contributed by atoms with Crippen LogP contribution in [0.15, 0.2) is 47.4 Å². The maximum absolute atomic E-state index is 12.1. The van der Waals surface area contributed by atoms with Gasteiger partial charge in [-0.2, -0.15) is 0 Å². The normalized spacial score (nSPS) is 20.5. The summed E-state index contributed by atoms with van der Waals surface area (Å²) < 4.78 is 5.13. The number of ether oxygens (including phenoxy) is 1. The number of carbonyl (C=O) groups excluding carboxylic acids is 1. The van der Waals surface area contributed by atoms with Gasteiger partial charge in [-0.05, 0) is 22.9 Å². The van der Waals surface area contributed by atoms with Crippen molar-refractivity contribution >= 4 is 34.4 Å². The zero-order valence-corrected chi connectivity index (χ0v) is 13.3. The molecule has 2 N–H and O–H groups in total. The number of aliphatic carboxylic acids is 1. The predicted octanol–water partition coefficient (Wildman–Crippen LogP) is 2.29. The summed E-state index contributed by atoms with van der Waals surface area (Å²) in [6.07, 6.45) is 0.300. The first-order valence-electron chi connectivity index (χ1n) is 7.33. The summed E-state index contributed by atoms with van der Waals surface area (Å²) in [6, 6.07) is 14.0. The van der Waals surface area contributed by atoms with Gasteiger partial charge < -0.3 is 15.2 Å². The van der Waals surface area contributed by atoms with E-state index < -0.39 is 11.5 Å². The lowest BCUT2D eigenvalue weighted by molar-refractivity contribution is -0.147. The van der Waals surface area contributed by atoms with E-state index in [1.165, 1.54) is 11.8 Å². The molecule has 0 aliphatic carbocycles. The third-order valence-corrected chi connectivity index (χ3v) is 4.89. The summed E-state index contributed by atoms with van der Waals surface area (Å²) in [6.45, 7) is 0.374. The van der Waals surface area contributed by atoms with E-state index in [0.29, 0.717) is 13.0 Å². The van der Waals surface area contributed by atoms with E-state index >= 15 is 0 Å². The average Bonchev–Trinajstić information content (AvgIpc) is 3.02. The Labute approximate surface area is 138 Å². The molecule has 0 spiro atoms. The van der Waals surface area contributed by atoms with Gasteiger partial charge in [0.05, 0.1) is 12.4 Å². The quantitative estimate of drug-likeness (QED) is 0.822. The average molecular weight is 331 g/mol. The topological polar surface area (TPSA) is 75.6 Å². The van der Waals surface area contributed by atoms with Gasteiger partial charge in [0.2, 0.25) is 5.91 Å². The van der Waals surface area contributed by atoms with Crippen molar-refractivity contribution in [3.8, 4) is 0 Å². The molecule has 2 aromatic carbocycles. The Morgan fingerprint density at radius 3 is 2.70 bits per heavy atom. The van der Waals surface area contributed by atoms with E-state index in [9.17, 15) is 14.7 Å². The molecule has 1 unspecified atom stereocenters. The smallest absolute Gasteiger partial charge is 0.331 e. The Bertz CT molecular complexity index is 740. The highest BCUT2D eigenvalue weighted by Crippen LogP contribution is 2.24. The fourth-order valence-corrected chi connectivity index (χ4v) is 3.34. The monoisotopic (exact) mass is 331 g/mol. The predicted molar refractivity (Wildman–Crippen MR) is 88.6 cm³/mol. The first kappa shape index (κ1) is 15.8. The van der Waals surface area contributed by atoms with Crippen LogP contribution in [0.25, 0.3) is 10.8 Å². The number of hydrogen-bond donors (Lipinski definition) is 2. The van der Waals surface area contributed by atoms with Crippen molar-refractivity contribution < 1.29 is 19.4 Å². The van der Waals surface area contributed by atoms with E-state index in [1.54, 1.807) is 0 Å². The number of thioether (sulfide) groups is 1. The molecular weight excluding hydrogens is 314 g/mol. The summed E-state index contributed by atoms with van der Waals surface area (Å²) in [4.78, 5) is 24.5. The van der Waals surface area contributed by atoms with Crippen LogP contribution in [0.5, 0.6) is 0 Å². The van der Waals surface area contributed by atoms with Crippen molar-refractivity contribution in [1.82, 2.24) is 5.32 Å². The second-order valence-corrected chi connectivity index (χ2v) is 6.58. The number of carbonyl (C=O) groups is 2. The molecule has 3 rings (SSSR count). The van der Waals surface area contributed by atoms with Gasteiger partial charge in [0.25, 0.3) is 0 Å². The number of nitrogens with one attached hydrogen (secondary N) is 1. The second kappa shape index (κ2) is 6.60. The number of benzene rings is 2. The second-order valence-electron chi connectivity index (χ2n) is 5.54. The van der Waals surface area contributed by atoms with E-state index in [-0.39, 0.29) is 18.3 Å². The summed E-state index contributed by atoms with van der Waals surface area (Å²) in [5.41, 5.74) is -1.28. The van der Waals surface area contributed by atoms with Gasteiger partial charge in [0.1, 0.15) is 0 Å². The first-order valence-corrected chi connectivity index (χ1v) is 8.31. The molecule has 1 heterocycles. The Hall–Kier alpha value is -2.05. The van der Waals surface area contributed by atoms with Crippen molar-refractivity contribution in [1.29, 1.82) is 0 Å². The third-order valence-electron chi connectivity index (χ3n) is 3.90. The first-order chi connectivity index (χ1) is 11.1. The molecule has 6 heteroatoms. The van der Waals surface area contributed by atoms with E-state index in [0.717, 1.165) is 15.7 Å². The fourth-order valence-electron chi connectivity index (χ4n) is 2.59. The number of amides is 1. The van der Waals surface area contributed by atoms with Gasteiger partial charge in [-0.3, -0.25) is 4.79 Å². The maximum atomic E-state index is 12.1. The minimum Gasteiger partial charge on any atom is -0.479 e. The molecule has 120 valence electrons. The lowest BCUT2D eigenvalue weighted by Crippen LogP contribution is -2.55. The Kier molecular flexibility index (Phi) is 4.54. The molecule has 0 radical (unpaired) electrons. The third kappa shape index (κ3) is 3.48. The number of carboxylic acid groups (broad SMARTS) is 1. The number of carboxylic acids is 1. The van der Waals surface area contributed by atoms with Crippen LogP contribution in [-0.2, 0) is 14.3 Å². The molecular formula is C17H17NO4S. The molecule has 0 saturated carbocycles. The highest BCUT2D eigenvalue weighted by Gasteiger charge is 2.43. The van der Waals surface area contributed by atoms with E-state index in [1.807, 2.05) is 42.5 Å². The summed E-state index contributed by atoms with van der Waals surface area (Å²) in [5.74, 6) is -1.16. The number of rotatable bonds is 5. The highest BCUT2D eigenvalue weighted by atomic mass is 32.2. The standard InChI is InChI=1S/C17H17NO4S/c19-15(18-17(16(20)21)7-8-22-11-17)10-23-14-6-5-12-3-1-2-4-13(12)9-14/h1-6,9H,7-8,10-11H2,(H,18,19)(H,20,21). The largest absolute Gasteiger partial charge is 0.479 e. The molecule has 1 aliphatic heterocycles. The SMILES string of the molecule is O=C(CSc1ccc2ccccc2c1)NC1(C(=O)O)CCOC1. The van der Waals surface area contributed by atoms with Crippen LogP contribution >= 0.6 is 11.8 Å². The molecule has 0 aromatic heterocycles. The molecule has 1 aliphatic rings. The van der Waals surface area contributed by atoms with Gasteiger partial charge >= 0.3 is 5.97 Å². The number of hydrogen-bond acceptors (Lipinski definition) is 4. The van der Waals surface area contributed by atoms with Gasteiger partial charge in [-0.15, -0.1) is 11.8 Å². The lowest BCUT2D eigenvalue weighted by Gasteiger charge is -2.23. The summed E-state index contributed by atoms with van der Waals surface area (Å²) in [5, 5.41) is 14.2. The molecule has 2 aromatic rings. The zero-order valence-electron chi connectivity index (χ0n) is 12.5. The van der Waals surface area contributed by atoms with Gasteiger partial charge in [0, 0.05) is 17.9 Å². The lowest BCUT2D eigenvalue weighted by atomic mass is 9.99. The van der Waals surface area contributed by atoms with Crippen molar-refractivity contribution in [3.05, 3.63) is 42.5 Å². The highest BCUT2D eigenvalue weighted by molar-refractivity contribution is 8.00. The molecule has 1 atom stereocenters. The van der Waals surface area contributed by atoms with Crippen LogP contribution in [0.2, 0.25) is 0 Å². The van der Waals surface area contributed by atoms with Crippen LogP contribution in [0, 0.1) is 0 Å². The molecule has 0 bridgehead atoms. The van der Waals surface area contributed by atoms with Crippen LogP contribution < -0.4 is 5.32 Å². The van der Waals surface area contributed by atoms with Gasteiger partial charge in [-0.25, -0.2) is 4.79 Å². The van der Waals surface area contributed by atoms with Crippen molar-refractivity contribution in [3.63, 3.8) is 0 Å². The molecule has 1 amide bonds. The Morgan fingerprint density at radius 2 is 2.00 bits per heavy atom. The van der Waals surface area contributed by atoms with Gasteiger partial charge in [-0.1, -0.05) is 30.3 Å². The van der Waals surface area contributed by atoms with Crippen LogP contribution in [0.1, 0.15) is 6.42 Å². The Balaban J connectivity index is 1.62. The van der Waals surface area contributed by atoms with Crippen molar-refractivity contribution in [2.75, 3.05) is 19.0 Å². The maximum Gasteiger partial charge on any atom is 0.331 e. The fraction of sp³-hybridized carbons (Fsp3) is 0.294. The van der Waals surface area contributed by atoms with Crippen LogP contribution in [0.4, 0.5) is 0 Å². The van der Waals surface area contributed by atoms with Gasteiger partial charge in [0.15, 0.2) is 5.54 Å². The number of fused-ring (bicyclic) bond motifs is 1. The molecule has 1 fully saturated rings. The van der Waals surface area contributed by atoms with Crippen LogP contribution in [0.3, 0.4) is 0 Å². The minimum atomic E-state index is -1.28. The summed E-state index contributed by atoms with van der Waals surface area (Å²) >= 11 is 1.39. The zero-order chi connectivity index (χ0) is 16.3.